The Labute approximate surface area is 138 Å². The first-order valence-corrected chi connectivity index (χ1v) is 7.39. The predicted octanol–water partition coefficient (Wildman–Crippen LogP) is 2.77. The molecule has 0 saturated carbocycles. The zero-order valence-corrected chi connectivity index (χ0v) is 13.7. The first-order valence-electron chi connectivity index (χ1n) is 7.39. The van der Waals surface area contributed by atoms with Gasteiger partial charge < -0.3 is 19.9 Å². The highest BCUT2D eigenvalue weighted by Crippen LogP contribution is 2.32. The van der Waals surface area contributed by atoms with E-state index in [1.165, 1.54) is 25.3 Å². The minimum Gasteiger partial charge on any atom is -0.493 e. The maximum atomic E-state index is 12.6. The van der Waals surface area contributed by atoms with Crippen LogP contribution in [0.4, 0.5) is 8.78 Å². The molecule has 0 aliphatic rings. The summed E-state index contributed by atoms with van der Waals surface area (Å²) < 4.78 is 34.4. The lowest BCUT2D eigenvalue weighted by atomic mass is 9.97. The number of aliphatic carboxylic acids is 1. The third-order valence-electron chi connectivity index (χ3n) is 3.26. The summed E-state index contributed by atoms with van der Waals surface area (Å²) in [6, 6.07) is 4.13. The van der Waals surface area contributed by atoms with Gasteiger partial charge in [-0.3, -0.25) is 9.59 Å². The van der Waals surface area contributed by atoms with Crippen LogP contribution in [0, 0.1) is 11.8 Å². The van der Waals surface area contributed by atoms with Crippen molar-refractivity contribution in [2.24, 2.45) is 11.8 Å². The first kappa shape index (κ1) is 19.7. The Kier molecular flexibility index (Phi) is 7.41. The summed E-state index contributed by atoms with van der Waals surface area (Å²) in [5, 5.41) is 11.6. The van der Waals surface area contributed by atoms with Crippen LogP contribution in [0.25, 0.3) is 0 Å². The molecule has 1 unspecified atom stereocenters. The number of halogens is 2. The van der Waals surface area contributed by atoms with Crippen molar-refractivity contribution in [2.75, 3.05) is 13.7 Å². The number of amides is 1. The Balaban J connectivity index is 2.92. The van der Waals surface area contributed by atoms with E-state index >= 15 is 0 Å². The topological polar surface area (TPSA) is 84.9 Å². The summed E-state index contributed by atoms with van der Waals surface area (Å²) in [4.78, 5) is 23.4. The van der Waals surface area contributed by atoms with Crippen LogP contribution in [0.3, 0.4) is 0 Å². The molecule has 1 rings (SSSR count). The van der Waals surface area contributed by atoms with Crippen LogP contribution >= 0.6 is 0 Å². The molecule has 24 heavy (non-hydrogen) atoms. The van der Waals surface area contributed by atoms with Crippen LogP contribution in [-0.4, -0.2) is 37.2 Å². The lowest BCUT2D eigenvalue weighted by Crippen LogP contribution is -2.34. The fourth-order valence-electron chi connectivity index (χ4n) is 2.22. The number of ether oxygens (including phenoxy) is 2. The molecule has 1 atom stereocenters. The molecule has 0 heterocycles. The van der Waals surface area contributed by atoms with Gasteiger partial charge in [-0.15, -0.1) is 0 Å². The third kappa shape index (κ3) is 5.68. The zero-order chi connectivity index (χ0) is 18.3. The van der Waals surface area contributed by atoms with Crippen molar-refractivity contribution in [3.63, 3.8) is 0 Å². The number of methoxy groups -OCH3 is 1. The second-order valence-corrected chi connectivity index (χ2v) is 5.59. The van der Waals surface area contributed by atoms with Crippen molar-refractivity contribution < 1.29 is 33.0 Å². The van der Waals surface area contributed by atoms with Crippen molar-refractivity contribution in [1.82, 2.24) is 5.32 Å². The van der Waals surface area contributed by atoms with E-state index in [0.29, 0.717) is 6.42 Å². The van der Waals surface area contributed by atoms with Crippen molar-refractivity contribution in [1.29, 1.82) is 0 Å². The van der Waals surface area contributed by atoms with E-state index in [1.54, 1.807) is 0 Å². The van der Waals surface area contributed by atoms with Crippen molar-refractivity contribution in [3.8, 4) is 11.5 Å². The predicted molar refractivity (Wildman–Crippen MR) is 82.5 cm³/mol. The molecule has 2 N–H and O–H groups in total. The second kappa shape index (κ2) is 9.05. The van der Waals surface area contributed by atoms with Crippen LogP contribution in [0.5, 0.6) is 11.5 Å². The van der Waals surface area contributed by atoms with Crippen LogP contribution in [0.2, 0.25) is 0 Å². The highest BCUT2D eigenvalue weighted by molar-refractivity contribution is 5.98. The molecule has 1 aromatic rings. The number of carboxylic acids is 1. The number of para-hydroxylation sites is 1. The molecule has 8 heteroatoms. The Hall–Kier alpha value is -2.38. The number of hydrogen-bond acceptors (Lipinski definition) is 4. The largest absolute Gasteiger partial charge is 0.493 e. The van der Waals surface area contributed by atoms with E-state index in [4.69, 9.17) is 9.84 Å². The second-order valence-electron chi connectivity index (χ2n) is 5.59. The summed E-state index contributed by atoms with van der Waals surface area (Å²) in [5.74, 6) is -2.77. The van der Waals surface area contributed by atoms with Gasteiger partial charge in [0.25, 0.3) is 5.91 Å². The Morgan fingerprint density at radius 1 is 1.29 bits per heavy atom. The van der Waals surface area contributed by atoms with Gasteiger partial charge in [-0.05, 0) is 24.5 Å². The summed E-state index contributed by atoms with van der Waals surface area (Å²) >= 11 is 0. The third-order valence-corrected chi connectivity index (χ3v) is 3.26. The molecule has 0 saturated heterocycles. The van der Waals surface area contributed by atoms with E-state index in [2.05, 4.69) is 10.1 Å². The first-order chi connectivity index (χ1) is 11.3. The standard InChI is InChI=1S/C16H21F2NO5/c1-9(2)7-10(15(21)22)8-19-14(20)11-5-4-6-12(23-3)13(11)24-16(17)18/h4-6,9-10,16H,7-8H2,1-3H3,(H,19,20)(H,21,22). The molecule has 0 aliphatic carbocycles. The van der Waals surface area contributed by atoms with Gasteiger partial charge in [0.2, 0.25) is 0 Å². The minimum absolute atomic E-state index is 0.0140. The zero-order valence-electron chi connectivity index (χ0n) is 13.7. The van der Waals surface area contributed by atoms with Crippen molar-refractivity contribution in [3.05, 3.63) is 23.8 Å². The molecule has 1 amide bonds. The van der Waals surface area contributed by atoms with Gasteiger partial charge in [0, 0.05) is 6.54 Å². The Bertz CT molecular complexity index is 578. The van der Waals surface area contributed by atoms with Crippen molar-refractivity contribution >= 4 is 11.9 Å². The Morgan fingerprint density at radius 3 is 2.46 bits per heavy atom. The monoisotopic (exact) mass is 345 g/mol. The SMILES string of the molecule is COc1cccc(C(=O)NCC(CC(C)C)C(=O)O)c1OC(F)F. The van der Waals surface area contributed by atoms with E-state index in [0.717, 1.165) is 0 Å². The van der Waals surface area contributed by atoms with Crippen molar-refractivity contribution in [2.45, 2.75) is 26.9 Å². The van der Waals surface area contributed by atoms with Crippen LogP contribution < -0.4 is 14.8 Å². The van der Waals surface area contributed by atoms with E-state index in [1.807, 2.05) is 13.8 Å². The van der Waals surface area contributed by atoms with Crippen LogP contribution in [-0.2, 0) is 4.79 Å². The van der Waals surface area contributed by atoms with E-state index in [-0.39, 0.29) is 29.5 Å². The smallest absolute Gasteiger partial charge is 0.387 e. The summed E-state index contributed by atoms with van der Waals surface area (Å²) in [7, 11) is 1.26. The van der Waals surface area contributed by atoms with Gasteiger partial charge >= 0.3 is 12.6 Å². The average molecular weight is 345 g/mol. The number of benzene rings is 1. The normalized spacial score (nSPS) is 12.1. The van der Waals surface area contributed by atoms with Gasteiger partial charge in [-0.2, -0.15) is 8.78 Å². The van der Waals surface area contributed by atoms with Gasteiger partial charge in [0.05, 0.1) is 18.6 Å². The maximum Gasteiger partial charge on any atom is 0.387 e. The summed E-state index contributed by atoms with van der Waals surface area (Å²) in [5.41, 5.74) is -0.150. The molecule has 6 nitrogen and oxygen atoms in total. The molecule has 0 spiro atoms. The number of carbonyl (C=O) groups is 2. The van der Waals surface area contributed by atoms with E-state index in [9.17, 15) is 18.4 Å². The number of hydrogen-bond donors (Lipinski definition) is 2. The fourth-order valence-corrected chi connectivity index (χ4v) is 2.22. The molecule has 1 aromatic carbocycles. The average Bonchev–Trinajstić information content (AvgIpc) is 2.50. The number of rotatable bonds is 9. The maximum absolute atomic E-state index is 12.6. The van der Waals surface area contributed by atoms with Gasteiger partial charge in [0.1, 0.15) is 0 Å². The van der Waals surface area contributed by atoms with Gasteiger partial charge in [-0.1, -0.05) is 19.9 Å². The number of nitrogens with one attached hydrogen (secondary N) is 1. The molecular weight excluding hydrogens is 324 g/mol. The molecule has 0 fully saturated rings. The minimum atomic E-state index is -3.12. The molecule has 134 valence electrons. The fraction of sp³-hybridized carbons (Fsp3) is 0.500. The van der Waals surface area contributed by atoms with Gasteiger partial charge in [-0.25, -0.2) is 0 Å². The van der Waals surface area contributed by atoms with Crippen LogP contribution in [0.1, 0.15) is 30.6 Å². The highest BCUT2D eigenvalue weighted by Gasteiger charge is 2.23. The summed E-state index contributed by atoms with van der Waals surface area (Å²) in [6.45, 7) is 0.501. The highest BCUT2D eigenvalue weighted by atomic mass is 19.3. The number of carbonyl (C=O) groups excluding carboxylic acids is 1. The molecular formula is C16H21F2NO5. The molecule has 0 aromatic heterocycles. The lowest BCUT2D eigenvalue weighted by molar-refractivity contribution is -0.142. The molecule has 0 aliphatic heterocycles. The quantitative estimate of drug-likeness (QED) is 0.719. The molecule has 0 bridgehead atoms. The number of alkyl halides is 2. The molecule has 0 radical (unpaired) electrons. The van der Waals surface area contributed by atoms with Gasteiger partial charge in [0.15, 0.2) is 11.5 Å². The lowest BCUT2D eigenvalue weighted by Gasteiger charge is -2.17. The summed E-state index contributed by atoms with van der Waals surface area (Å²) in [6.07, 6.45) is 0.383. The number of carboxylic acid groups (broad SMARTS) is 1. The van der Waals surface area contributed by atoms with Crippen LogP contribution in [0.15, 0.2) is 18.2 Å². The van der Waals surface area contributed by atoms with E-state index < -0.39 is 24.4 Å². The Morgan fingerprint density at radius 2 is 1.96 bits per heavy atom.